The average molecular weight is 337 g/mol. The van der Waals surface area contributed by atoms with Crippen molar-refractivity contribution in [2.24, 2.45) is 0 Å². The van der Waals surface area contributed by atoms with Gasteiger partial charge in [0.05, 0.1) is 12.2 Å². The van der Waals surface area contributed by atoms with Gasteiger partial charge in [-0.3, -0.25) is 14.2 Å². The molecule has 0 aliphatic heterocycles. The Balaban J connectivity index is 1.72. The molecule has 1 N–H and O–H groups in total. The van der Waals surface area contributed by atoms with Gasteiger partial charge in [-0.1, -0.05) is 12.1 Å². The lowest BCUT2D eigenvalue weighted by molar-refractivity contribution is -0.119. The molecule has 2 aromatic heterocycles. The van der Waals surface area contributed by atoms with Crippen molar-refractivity contribution in [2.45, 2.75) is 40.3 Å². The van der Waals surface area contributed by atoms with E-state index in [1.165, 1.54) is 0 Å². The highest BCUT2D eigenvalue weighted by Gasteiger charge is 2.17. The van der Waals surface area contributed by atoms with E-state index in [-0.39, 0.29) is 11.9 Å². The van der Waals surface area contributed by atoms with Gasteiger partial charge < -0.3 is 5.32 Å². The lowest BCUT2D eigenvalue weighted by atomic mass is 10.2. The van der Waals surface area contributed by atoms with E-state index in [4.69, 9.17) is 0 Å². The fourth-order valence-electron chi connectivity index (χ4n) is 2.90. The Morgan fingerprint density at radius 1 is 1.16 bits per heavy atom. The highest BCUT2D eigenvalue weighted by Crippen LogP contribution is 2.16. The van der Waals surface area contributed by atoms with Crippen molar-refractivity contribution in [3.63, 3.8) is 0 Å². The largest absolute Gasteiger partial charge is 0.324 e. The van der Waals surface area contributed by atoms with Crippen molar-refractivity contribution >= 4 is 11.6 Å². The first-order chi connectivity index (χ1) is 11.9. The number of nitrogens with zero attached hydrogens (tertiary/aromatic N) is 4. The van der Waals surface area contributed by atoms with Gasteiger partial charge in [0, 0.05) is 23.3 Å². The van der Waals surface area contributed by atoms with Crippen LogP contribution >= 0.6 is 0 Å². The van der Waals surface area contributed by atoms with Gasteiger partial charge in [-0.2, -0.15) is 10.2 Å². The predicted molar refractivity (Wildman–Crippen MR) is 97.5 cm³/mol. The molecule has 1 amide bonds. The van der Waals surface area contributed by atoms with E-state index in [1.807, 2.05) is 62.7 Å². The lowest BCUT2D eigenvalue weighted by Gasteiger charge is -2.15. The molecule has 2 heterocycles. The summed E-state index contributed by atoms with van der Waals surface area (Å²) in [6, 6.07) is 11.4. The first-order valence-corrected chi connectivity index (χ1v) is 8.35. The Kier molecular flexibility index (Phi) is 4.70. The number of hydrogen-bond donors (Lipinski definition) is 1. The highest BCUT2D eigenvalue weighted by molar-refractivity contribution is 5.93. The number of anilines is 1. The maximum atomic E-state index is 12.5. The Morgan fingerprint density at radius 2 is 1.96 bits per heavy atom. The number of rotatable bonds is 5. The second-order valence-corrected chi connectivity index (χ2v) is 6.37. The summed E-state index contributed by atoms with van der Waals surface area (Å²) in [6.07, 6.45) is 1.70. The summed E-state index contributed by atoms with van der Waals surface area (Å²) >= 11 is 0. The molecule has 0 bridgehead atoms. The lowest BCUT2D eigenvalue weighted by Crippen LogP contribution is -2.25. The van der Waals surface area contributed by atoms with E-state index in [9.17, 15) is 4.79 Å². The van der Waals surface area contributed by atoms with E-state index in [2.05, 4.69) is 21.6 Å². The highest BCUT2D eigenvalue weighted by atomic mass is 16.2. The molecule has 25 heavy (non-hydrogen) atoms. The van der Waals surface area contributed by atoms with Crippen LogP contribution in [0.15, 0.2) is 42.6 Å². The molecule has 6 nitrogen and oxygen atoms in total. The molecule has 3 rings (SSSR count). The van der Waals surface area contributed by atoms with Gasteiger partial charge in [-0.05, 0) is 57.5 Å². The van der Waals surface area contributed by atoms with Crippen molar-refractivity contribution in [2.75, 3.05) is 5.32 Å². The standard InChI is InChI=1S/C19H23N5O/c1-13-10-15(3)23(22-13)12-17-6-5-7-18(11-17)21-19(25)16(4)24-14(2)8-9-20-24/h5-11,16H,12H2,1-4H3,(H,21,25). The number of aromatic nitrogens is 4. The van der Waals surface area contributed by atoms with Gasteiger partial charge >= 0.3 is 0 Å². The van der Waals surface area contributed by atoms with E-state index in [1.54, 1.807) is 10.9 Å². The second kappa shape index (κ2) is 6.93. The van der Waals surface area contributed by atoms with Crippen LogP contribution in [0.4, 0.5) is 5.69 Å². The molecule has 0 radical (unpaired) electrons. The second-order valence-electron chi connectivity index (χ2n) is 6.37. The molecule has 3 aromatic rings. The summed E-state index contributed by atoms with van der Waals surface area (Å²) < 4.78 is 3.68. The number of hydrogen-bond acceptors (Lipinski definition) is 3. The monoisotopic (exact) mass is 337 g/mol. The Bertz CT molecular complexity index is 893. The number of carbonyl (C=O) groups is 1. The molecule has 1 atom stereocenters. The average Bonchev–Trinajstić information content (AvgIpc) is 3.12. The quantitative estimate of drug-likeness (QED) is 0.777. The molecular weight excluding hydrogens is 314 g/mol. The third-order valence-corrected chi connectivity index (χ3v) is 4.24. The minimum absolute atomic E-state index is 0.0879. The fourth-order valence-corrected chi connectivity index (χ4v) is 2.90. The third-order valence-electron chi connectivity index (χ3n) is 4.24. The van der Waals surface area contributed by atoms with Gasteiger partial charge in [0.1, 0.15) is 6.04 Å². The van der Waals surface area contributed by atoms with Gasteiger partial charge in [-0.15, -0.1) is 0 Å². The van der Waals surface area contributed by atoms with Crippen LogP contribution < -0.4 is 5.32 Å². The molecule has 0 aliphatic rings. The van der Waals surface area contributed by atoms with E-state index >= 15 is 0 Å². The topological polar surface area (TPSA) is 64.7 Å². The summed E-state index contributed by atoms with van der Waals surface area (Å²) in [7, 11) is 0. The fraction of sp³-hybridized carbons (Fsp3) is 0.316. The summed E-state index contributed by atoms with van der Waals surface area (Å²) in [4.78, 5) is 12.5. The molecule has 1 aromatic carbocycles. The summed E-state index contributed by atoms with van der Waals surface area (Å²) in [5.74, 6) is -0.0879. The van der Waals surface area contributed by atoms with Crippen molar-refractivity contribution in [3.05, 3.63) is 65.2 Å². The minimum Gasteiger partial charge on any atom is -0.324 e. The zero-order valence-corrected chi connectivity index (χ0v) is 15.0. The number of nitrogens with one attached hydrogen (secondary N) is 1. The van der Waals surface area contributed by atoms with Crippen molar-refractivity contribution in [1.82, 2.24) is 19.6 Å². The first kappa shape index (κ1) is 17.0. The first-order valence-electron chi connectivity index (χ1n) is 8.35. The SMILES string of the molecule is Cc1cc(C)n(Cc2cccc(NC(=O)C(C)n3nccc3C)c2)n1. The molecule has 1 unspecified atom stereocenters. The number of benzene rings is 1. The summed E-state index contributed by atoms with van der Waals surface area (Å²) in [5.41, 5.74) is 4.95. The zero-order valence-electron chi connectivity index (χ0n) is 15.0. The zero-order chi connectivity index (χ0) is 18.0. The molecule has 0 saturated carbocycles. The molecule has 130 valence electrons. The van der Waals surface area contributed by atoms with Crippen LogP contribution in [0.1, 0.15) is 35.6 Å². The van der Waals surface area contributed by atoms with E-state index in [0.29, 0.717) is 6.54 Å². The predicted octanol–water partition coefficient (Wildman–Crippen LogP) is 3.25. The van der Waals surface area contributed by atoms with Crippen LogP contribution in [0, 0.1) is 20.8 Å². The maximum Gasteiger partial charge on any atom is 0.248 e. The van der Waals surface area contributed by atoms with Crippen LogP contribution in [-0.4, -0.2) is 25.5 Å². The summed E-state index contributed by atoms with van der Waals surface area (Å²) in [5, 5.41) is 11.7. The van der Waals surface area contributed by atoms with Crippen molar-refractivity contribution < 1.29 is 4.79 Å². The van der Waals surface area contributed by atoms with Crippen LogP contribution in [0.5, 0.6) is 0 Å². The van der Waals surface area contributed by atoms with E-state index < -0.39 is 0 Å². The van der Waals surface area contributed by atoms with Crippen LogP contribution in [0.25, 0.3) is 0 Å². The van der Waals surface area contributed by atoms with Gasteiger partial charge in [0.25, 0.3) is 0 Å². The normalized spacial score (nSPS) is 12.2. The smallest absolute Gasteiger partial charge is 0.248 e. The number of aryl methyl sites for hydroxylation is 3. The molecule has 0 saturated heterocycles. The number of carbonyl (C=O) groups excluding carboxylic acids is 1. The van der Waals surface area contributed by atoms with E-state index in [0.717, 1.165) is 28.3 Å². The van der Waals surface area contributed by atoms with Crippen molar-refractivity contribution in [1.29, 1.82) is 0 Å². The Hall–Kier alpha value is -2.89. The van der Waals surface area contributed by atoms with Gasteiger partial charge in [-0.25, -0.2) is 0 Å². The third kappa shape index (κ3) is 3.79. The minimum atomic E-state index is -0.366. The molecule has 0 spiro atoms. The Labute approximate surface area is 147 Å². The van der Waals surface area contributed by atoms with Crippen LogP contribution in [0.2, 0.25) is 0 Å². The Morgan fingerprint density at radius 3 is 2.60 bits per heavy atom. The molecule has 6 heteroatoms. The number of amides is 1. The van der Waals surface area contributed by atoms with Crippen molar-refractivity contribution in [3.8, 4) is 0 Å². The van der Waals surface area contributed by atoms with Crippen LogP contribution in [0.3, 0.4) is 0 Å². The molecule has 0 fully saturated rings. The maximum absolute atomic E-state index is 12.5. The van der Waals surface area contributed by atoms with Gasteiger partial charge in [0.15, 0.2) is 0 Å². The summed E-state index contributed by atoms with van der Waals surface area (Å²) in [6.45, 7) is 8.48. The molecular formula is C19H23N5O. The molecule has 0 aliphatic carbocycles. The van der Waals surface area contributed by atoms with Gasteiger partial charge in [0.2, 0.25) is 5.91 Å². The van der Waals surface area contributed by atoms with Crippen LogP contribution in [-0.2, 0) is 11.3 Å².